The number of hydrazone groups is 1. The van der Waals surface area contributed by atoms with E-state index in [4.69, 9.17) is 5.84 Å². The van der Waals surface area contributed by atoms with E-state index in [1.165, 1.54) is 5.56 Å². The first-order chi connectivity index (χ1) is 10.3. The summed E-state index contributed by atoms with van der Waals surface area (Å²) in [7, 11) is 0. The summed E-state index contributed by atoms with van der Waals surface area (Å²) in [5, 5.41) is 10.3. The Bertz CT molecular complexity index is 501. The molecule has 0 bridgehead atoms. The molecule has 2 rings (SSSR count). The van der Waals surface area contributed by atoms with Crippen molar-refractivity contribution in [2.45, 2.75) is 6.54 Å². The minimum Gasteiger partial charge on any atom is -0.381 e. The van der Waals surface area contributed by atoms with Gasteiger partial charge in [-0.15, -0.1) is 0 Å². The molecule has 1 heterocycles. The molecule has 21 heavy (non-hydrogen) atoms. The first-order valence-corrected chi connectivity index (χ1v) is 7.17. The van der Waals surface area contributed by atoms with Crippen LogP contribution in [0.3, 0.4) is 0 Å². The van der Waals surface area contributed by atoms with Gasteiger partial charge >= 0.3 is 0 Å². The number of piperazine rings is 1. The quantitative estimate of drug-likeness (QED) is 0.316. The van der Waals surface area contributed by atoms with Crippen molar-refractivity contribution >= 4 is 6.21 Å². The van der Waals surface area contributed by atoms with Gasteiger partial charge in [-0.05, 0) is 11.6 Å². The standard InChI is InChI=1S/C16H23N5/c1-14(19-12-15-5-3-2-4-6-15)11-16(13-20-17)21-9-7-18-8-10-21/h2-6,11,13,18-19H,1,7-10,12,17H2/b16-11+,20-13-. The molecule has 0 radical (unpaired) electrons. The van der Waals surface area contributed by atoms with Gasteiger partial charge in [-0.25, -0.2) is 0 Å². The van der Waals surface area contributed by atoms with Crippen molar-refractivity contribution in [3.63, 3.8) is 0 Å². The Labute approximate surface area is 126 Å². The second kappa shape index (κ2) is 8.11. The van der Waals surface area contributed by atoms with Gasteiger partial charge in [0.15, 0.2) is 0 Å². The van der Waals surface area contributed by atoms with Crippen LogP contribution in [0.1, 0.15) is 5.56 Å². The molecule has 1 aliphatic heterocycles. The third-order valence-electron chi connectivity index (χ3n) is 3.37. The van der Waals surface area contributed by atoms with Crippen LogP contribution in [0.25, 0.3) is 0 Å². The fourth-order valence-corrected chi connectivity index (χ4v) is 2.25. The smallest absolute Gasteiger partial charge is 0.0700 e. The number of nitrogens with two attached hydrogens (primary N) is 1. The molecule has 5 nitrogen and oxygen atoms in total. The molecule has 0 amide bonds. The second-order valence-corrected chi connectivity index (χ2v) is 4.95. The van der Waals surface area contributed by atoms with Crippen molar-refractivity contribution in [1.29, 1.82) is 0 Å². The van der Waals surface area contributed by atoms with Crippen LogP contribution in [-0.4, -0.2) is 37.3 Å². The van der Waals surface area contributed by atoms with Gasteiger partial charge in [0.05, 0.1) is 11.9 Å². The summed E-state index contributed by atoms with van der Waals surface area (Å²) in [5.41, 5.74) is 3.07. The summed E-state index contributed by atoms with van der Waals surface area (Å²) in [6.45, 7) is 8.65. The number of hydrogen-bond donors (Lipinski definition) is 3. The van der Waals surface area contributed by atoms with E-state index in [2.05, 4.69) is 39.3 Å². The SMILES string of the molecule is C=C(/C=C(\C=N/N)N1CCNCC1)NCc1ccccc1. The summed E-state index contributed by atoms with van der Waals surface area (Å²) >= 11 is 0. The highest BCUT2D eigenvalue weighted by Gasteiger charge is 2.11. The summed E-state index contributed by atoms with van der Waals surface area (Å²) in [4.78, 5) is 2.25. The number of allylic oxidation sites excluding steroid dienone is 2. The molecule has 1 aromatic carbocycles. The highest BCUT2D eigenvalue weighted by molar-refractivity contribution is 5.78. The Hall–Kier alpha value is -2.27. The van der Waals surface area contributed by atoms with Crippen LogP contribution in [0.4, 0.5) is 0 Å². The number of rotatable bonds is 6. The average molecular weight is 285 g/mol. The van der Waals surface area contributed by atoms with Crippen LogP contribution in [-0.2, 0) is 6.54 Å². The lowest BCUT2D eigenvalue weighted by Crippen LogP contribution is -2.43. The second-order valence-electron chi connectivity index (χ2n) is 4.95. The van der Waals surface area contributed by atoms with E-state index in [1.807, 2.05) is 24.3 Å². The van der Waals surface area contributed by atoms with Crippen LogP contribution in [0, 0.1) is 0 Å². The van der Waals surface area contributed by atoms with Crippen LogP contribution < -0.4 is 16.5 Å². The summed E-state index contributed by atoms with van der Waals surface area (Å²) in [6, 6.07) is 10.2. The average Bonchev–Trinajstić information content (AvgIpc) is 2.54. The highest BCUT2D eigenvalue weighted by atomic mass is 15.2. The van der Waals surface area contributed by atoms with Crippen LogP contribution in [0.2, 0.25) is 0 Å². The molecule has 5 heteroatoms. The first-order valence-electron chi connectivity index (χ1n) is 7.17. The fraction of sp³-hybridized carbons (Fsp3) is 0.312. The van der Waals surface area contributed by atoms with Gasteiger partial charge in [-0.2, -0.15) is 5.10 Å². The summed E-state index contributed by atoms with van der Waals surface area (Å²) < 4.78 is 0. The fourth-order valence-electron chi connectivity index (χ4n) is 2.25. The largest absolute Gasteiger partial charge is 0.381 e. The van der Waals surface area contributed by atoms with Crippen molar-refractivity contribution in [3.8, 4) is 0 Å². The molecular formula is C16H23N5. The van der Waals surface area contributed by atoms with E-state index in [0.717, 1.165) is 44.1 Å². The van der Waals surface area contributed by atoms with Crippen molar-refractivity contribution in [1.82, 2.24) is 15.5 Å². The van der Waals surface area contributed by atoms with Crippen LogP contribution in [0.15, 0.2) is 59.5 Å². The molecule has 1 aromatic rings. The van der Waals surface area contributed by atoms with E-state index >= 15 is 0 Å². The number of benzene rings is 1. The maximum Gasteiger partial charge on any atom is 0.0700 e. The van der Waals surface area contributed by atoms with Gasteiger partial charge in [-0.3, -0.25) is 0 Å². The van der Waals surface area contributed by atoms with Gasteiger partial charge in [0.2, 0.25) is 0 Å². The number of nitrogens with zero attached hydrogens (tertiary/aromatic N) is 2. The van der Waals surface area contributed by atoms with Gasteiger partial charge in [0.1, 0.15) is 0 Å². The number of hydrogen-bond acceptors (Lipinski definition) is 5. The van der Waals surface area contributed by atoms with E-state index in [-0.39, 0.29) is 0 Å². The zero-order valence-electron chi connectivity index (χ0n) is 12.3. The minimum atomic E-state index is 0.755. The molecule has 0 aliphatic carbocycles. The molecule has 0 spiro atoms. The van der Waals surface area contributed by atoms with E-state index in [0.29, 0.717) is 0 Å². The Morgan fingerprint density at radius 2 is 2.05 bits per heavy atom. The normalized spacial score (nSPS) is 16.2. The van der Waals surface area contributed by atoms with Gasteiger partial charge in [0.25, 0.3) is 0 Å². The molecule has 1 aliphatic rings. The zero-order valence-corrected chi connectivity index (χ0v) is 12.3. The Morgan fingerprint density at radius 1 is 1.33 bits per heavy atom. The Balaban J connectivity index is 1.95. The maximum atomic E-state index is 5.31. The highest BCUT2D eigenvalue weighted by Crippen LogP contribution is 2.07. The van der Waals surface area contributed by atoms with Crippen LogP contribution in [0.5, 0.6) is 0 Å². The predicted molar refractivity (Wildman–Crippen MR) is 87.6 cm³/mol. The summed E-state index contributed by atoms with van der Waals surface area (Å²) in [6.07, 6.45) is 3.67. The van der Waals surface area contributed by atoms with Crippen molar-refractivity contribution < 1.29 is 0 Å². The maximum absolute atomic E-state index is 5.31. The lowest BCUT2D eigenvalue weighted by Gasteiger charge is -2.30. The lowest BCUT2D eigenvalue weighted by atomic mass is 10.2. The summed E-state index contributed by atoms with van der Waals surface area (Å²) in [5.74, 6) is 5.31. The third-order valence-corrected chi connectivity index (χ3v) is 3.37. The Morgan fingerprint density at radius 3 is 2.71 bits per heavy atom. The minimum absolute atomic E-state index is 0.755. The zero-order chi connectivity index (χ0) is 14.9. The molecular weight excluding hydrogens is 262 g/mol. The van der Waals surface area contributed by atoms with E-state index in [1.54, 1.807) is 6.21 Å². The molecule has 1 saturated heterocycles. The predicted octanol–water partition coefficient (Wildman–Crippen LogP) is 1.02. The molecule has 0 atom stereocenters. The molecule has 0 aromatic heterocycles. The van der Waals surface area contributed by atoms with E-state index in [9.17, 15) is 0 Å². The van der Waals surface area contributed by atoms with Gasteiger partial charge in [0, 0.05) is 38.4 Å². The Kier molecular flexibility index (Phi) is 5.84. The molecule has 4 N–H and O–H groups in total. The van der Waals surface area contributed by atoms with Gasteiger partial charge in [-0.1, -0.05) is 36.9 Å². The number of nitrogens with one attached hydrogen (secondary N) is 2. The molecule has 0 unspecified atom stereocenters. The van der Waals surface area contributed by atoms with Crippen molar-refractivity contribution in [2.75, 3.05) is 26.2 Å². The molecule has 1 fully saturated rings. The van der Waals surface area contributed by atoms with Gasteiger partial charge < -0.3 is 21.4 Å². The molecule has 0 saturated carbocycles. The van der Waals surface area contributed by atoms with Crippen LogP contribution >= 0.6 is 0 Å². The van der Waals surface area contributed by atoms with Crippen molar-refractivity contribution in [2.24, 2.45) is 10.9 Å². The topological polar surface area (TPSA) is 65.7 Å². The van der Waals surface area contributed by atoms with Crippen molar-refractivity contribution in [3.05, 3.63) is 59.9 Å². The van der Waals surface area contributed by atoms with E-state index < -0.39 is 0 Å². The third kappa shape index (κ3) is 4.96. The molecule has 112 valence electrons. The lowest BCUT2D eigenvalue weighted by molar-refractivity contribution is 0.312. The monoisotopic (exact) mass is 285 g/mol. The first kappa shape index (κ1) is 15.1.